The second kappa shape index (κ2) is 17.8. The van der Waals surface area contributed by atoms with Crippen LogP contribution in [0.15, 0.2) is 24.3 Å². The molecule has 0 spiro atoms. The molecule has 2 rings (SSSR count). The van der Waals surface area contributed by atoms with Crippen molar-refractivity contribution in [3.63, 3.8) is 0 Å². The van der Waals surface area contributed by atoms with Gasteiger partial charge in [0.25, 0.3) is 0 Å². The van der Waals surface area contributed by atoms with Gasteiger partial charge >= 0.3 is 6.16 Å². The molecule has 40 heavy (non-hydrogen) atoms. The monoisotopic (exact) mass is 568 g/mol. The van der Waals surface area contributed by atoms with Crippen molar-refractivity contribution in [2.45, 2.75) is 111 Å². The Morgan fingerprint density at radius 3 is 2.38 bits per heavy atom. The lowest BCUT2D eigenvalue weighted by Gasteiger charge is -2.31. The first-order valence-electron chi connectivity index (χ1n) is 14.6. The number of hydrogen-bond acceptors (Lipinski definition) is 9. The summed E-state index contributed by atoms with van der Waals surface area (Å²) in [7, 11) is 2.97. The summed E-state index contributed by atoms with van der Waals surface area (Å²) in [5.74, 6) is 0.371. The van der Waals surface area contributed by atoms with Crippen LogP contribution in [0.2, 0.25) is 0 Å². The first-order chi connectivity index (χ1) is 19.1. The minimum atomic E-state index is -0.706. The van der Waals surface area contributed by atoms with Crippen molar-refractivity contribution in [1.82, 2.24) is 0 Å². The molecule has 0 aliphatic carbocycles. The van der Waals surface area contributed by atoms with E-state index in [4.69, 9.17) is 37.9 Å². The number of rotatable bonds is 19. The number of ether oxygens (including phenoxy) is 8. The Labute approximate surface area is 241 Å². The van der Waals surface area contributed by atoms with E-state index in [1.807, 2.05) is 52.0 Å². The van der Waals surface area contributed by atoms with Crippen molar-refractivity contribution in [3.05, 3.63) is 29.8 Å². The van der Waals surface area contributed by atoms with Gasteiger partial charge in [-0.05, 0) is 77.5 Å². The van der Waals surface area contributed by atoms with Gasteiger partial charge in [-0.15, -0.1) is 0 Å². The van der Waals surface area contributed by atoms with E-state index in [0.29, 0.717) is 38.8 Å². The maximum Gasteiger partial charge on any atom is 0.508 e. The molecule has 0 N–H and O–H groups in total. The van der Waals surface area contributed by atoms with Crippen LogP contribution in [0.3, 0.4) is 0 Å². The van der Waals surface area contributed by atoms with Gasteiger partial charge in [0.2, 0.25) is 0 Å². The molecule has 0 bridgehead atoms. The van der Waals surface area contributed by atoms with E-state index < -0.39 is 18.0 Å². The summed E-state index contributed by atoms with van der Waals surface area (Å²) < 4.78 is 45.5. The van der Waals surface area contributed by atoms with E-state index in [9.17, 15) is 4.79 Å². The average molecular weight is 569 g/mol. The van der Waals surface area contributed by atoms with Crippen molar-refractivity contribution in [2.24, 2.45) is 11.8 Å². The molecule has 1 aromatic rings. The zero-order valence-corrected chi connectivity index (χ0v) is 25.8. The third-order valence-electron chi connectivity index (χ3n) is 7.13. The first-order valence-corrected chi connectivity index (χ1v) is 14.6. The Kier molecular flexibility index (Phi) is 15.3. The van der Waals surface area contributed by atoms with Crippen molar-refractivity contribution >= 4 is 6.16 Å². The van der Waals surface area contributed by atoms with E-state index in [1.165, 1.54) is 7.11 Å². The molecule has 2 unspecified atom stereocenters. The highest BCUT2D eigenvalue weighted by atomic mass is 16.7. The zero-order chi connectivity index (χ0) is 29.5. The lowest BCUT2D eigenvalue weighted by atomic mass is 9.91. The molecule has 1 saturated heterocycles. The molecule has 0 saturated carbocycles. The molecular weight excluding hydrogens is 516 g/mol. The topological polar surface area (TPSA) is 90.9 Å². The Bertz CT molecular complexity index is 829. The normalized spacial score (nSPS) is 20.4. The molecule has 1 aliphatic heterocycles. The summed E-state index contributed by atoms with van der Waals surface area (Å²) in [6.45, 7) is 13.8. The van der Waals surface area contributed by atoms with Crippen molar-refractivity contribution < 1.29 is 42.7 Å². The molecule has 0 aromatic heterocycles. The van der Waals surface area contributed by atoms with Gasteiger partial charge < -0.3 is 37.9 Å². The number of benzene rings is 1. The molecular formula is C31H52O9. The minimum absolute atomic E-state index is 0.127. The van der Waals surface area contributed by atoms with Gasteiger partial charge in [0.1, 0.15) is 11.9 Å². The molecule has 6 atom stereocenters. The van der Waals surface area contributed by atoms with Gasteiger partial charge in [0.05, 0.1) is 46.2 Å². The zero-order valence-electron chi connectivity index (χ0n) is 25.8. The lowest BCUT2D eigenvalue weighted by molar-refractivity contribution is -0.157. The van der Waals surface area contributed by atoms with Gasteiger partial charge in [-0.2, -0.15) is 0 Å². The van der Waals surface area contributed by atoms with Crippen LogP contribution in [0, 0.1) is 11.8 Å². The minimum Gasteiger partial charge on any atom is -0.497 e. The van der Waals surface area contributed by atoms with E-state index in [-0.39, 0.29) is 24.4 Å². The van der Waals surface area contributed by atoms with E-state index >= 15 is 0 Å². The molecule has 0 amide bonds. The van der Waals surface area contributed by atoms with Crippen LogP contribution < -0.4 is 4.74 Å². The molecule has 230 valence electrons. The van der Waals surface area contributed by atoms with Gasteiger partial charge in [0, 0.05) is 12.5 Å². The molecule has 1 heterocycles. The van der Waals surface area contributed by atoms with Crippen LogP contribution >= 0.6 is 0 Å². The predicted molar refractivity (Wildman–Crippen MR) is 152 cm³/mol. The van der Waals surface area contributed by atoms with Crippen molar-refractivity contribution in [1.29, 1.82) is 0 Å². The van der Waals surface area contributed by atoms with Crippen LogP contribution in [0.25, 0.3) is 0 Å². The number of hydrogen-bond donors (Lipinski definition) is 0. The summed E-state index contributed by atoms with van der Waals surface area (Å²) in [5.41, 5.74) is 1.02. The summed E-state index contributed by atoms with van der Waals surface area (Å²) in [6.07, 6.45) is 3.10. The highest BCUT2D eigenvalue weighted by molar-refractivity contribution is 5.59. The third-order valence-corrected chi connectivity index (χ3v) is 7.13. The molecule has 9 heteroatoms. The quantitative estimate of drug-likeness (QED) is 0.105. The maximum atomic E-state index is 12.2. The maximum absolute atomic E-state index is 12.2. The van der Waals surface area contributed by atoms with Crippen LogP contribution in [0.4, 0.5) is 4.79 Å². The fourth-order valence-corrected chi connectivity index (χ4v) is 5.13. The van der Waals surface area contributed by atoms with E-state index in [1.54, 1.807) is 7.11 Å². The van der Waals surface area contributed by atoms with Gasteiger partial charge in [-0.1, -0.05) is 31.9 Å². The molecule has 1 fully saturated rings. The van der Waals surface area contributed by atoms with Gasteiger partial charge in [0.15, 0.2) is 12.1 Å². The Morgan fingerprint density at radius 2 is 1.77 bits per heavy atom. The van der Waals surface area contributed by atoms with Crippen LogP contribution in [-0.2, 0) is 39.8 Å². The Balaban J connectivity index is 1.97. The smallest absolute Gasteiger partial charge is 0.497 e. The van der Waals surface area contributed by atoms with E-state index in [0.717, 1.165) is 37.0 Å². The van der Waals surface area contributed by atoms with Gasteiger partial charge in [-0.3, -0.25) is 0 Å². The first kappa shape index (κ1) is 34.3. The average Bonchev–Trinajstić information content (AvgIpc) is 3.27. The lowest BCUT2D eigenvalue weighted by Crippen LogP contribution is -2.40. The predicted octanol–water partition coefficient (Wildman–Crippen LogP) is 6.51. The Hall–Kier alpha value is -1.91. The van der Waals surface area contributed by atoms with E-state index in [2.05, 4.69) is 13.8 Å². The number of unbranched alkanes of at least 4 members (excludes halogenated alkanes) is 1. The van der Waals surface area contributed by atoms with Crippen molar-refractivity contribution in [2.75, 3.05) is 34.0 Å². The van der Waals surface area contributed by atoms with Gasteiger partial charge in [-0.25, -0.2) is 4.79 Å². The standard InChI is InChI=1S/C31H52O9/c1-9-36-24(4)38-23(3)18-22(2)12-10-11-13-28(39-30(32)34-8)27(29-21-37-31(5,6)40-29)20-35-19-25-14-16-26(33-7)17-15-25/h14-17,22-24,27-29H,9-13,18-21H2,1-8H3/t22-,23?,24?,27-,28-,29-/m1/s1. The highest BCUT2D eigenvalue weighted by Crippen LogP contribution is 2.32. The summed E-state index contributed by atoms with van der Waals surface area (Å²) in [4.78, 5) is 12.2. The molecule has 1 aliphatic rings. The van der Waals surface area contributed by atoms with Crippen LogP contribution in [-0.4, -0.2) is 70.6 Å². The Morgan fingerprint density at radius 1 is 1.07 bits per heavy atom. The number of carbonyl (C=O) groups is 1. The van der Waals surface area contributed by atoms with Crippen molar-refractivity contribution in [3.8, 4) is 5.75 Å². The molecule has 0 radical (unpaired) electrons. The highest BCUT2D eigenvalue weighted by Gasteiger charge is 2.42. The second-order valence-corrected chi connectivity index (χ2v) is 11.1. The summed E-state index contributed by atoms with van der Waals surface area (Å²) in [5, 5.41) is 0. The summed E-state index contributed by atoms with van der Waals surface area (Å²) in [6, 6.07) is 7.75. The number of carbonyl (C=O) groups excluding carboxylic acids is 1. The largest absolute Gasteiger partial charge is 0.508 e. The molecule has 9 nitrogen and oxygen atoms in total. The fraction of sp³-hybridized carbons (Fsp3) is 0.774. The van der Waals surface area contributed by atoms with Crippen LogP contribution in [0.1, 0.15) is 79.2 Å². The second-order valence-electron chi connectivity index (χ2n) is 11.1. The fourth-order valence-electron chi connectivity index (χ4n) is 5.13. The number of methoxy groups -OCH3 is 2. The summed E-state index contributed by atoms with van der Waals surface area (Å²) >= 11 is 0. The SMILES string of the molecule is CCOC(C)OC(C)C[C@H](C)CCCC[C@@H](OC(=O)OC)[C@@H](COCc1ccc(OC)cc1)[C@H]1COC(C)(C)O1. The molecule has 1 aromatic carbocycles. The third kappa shape index (κ3) is 12.7. The van der Waals surface area contributed by atoms with Crippen LogP contribution in [0.5, 0.6) is 5.75 Å².